The fourth-order valence-electron chi connectivity index (χ4n) is 1.24. The maximum atomic E-state index is 13.0. The van der Waals surface area contributed by atoms with Gasteiger partial charge in [-0.2, -0.15) is 0 Å². The minimum Gasteiger partial charge on any atom is -0.240 e. The molecule has 0 N–H and O–H groups in total. The number of halogens is 1. The molecule has 0 aliphatic heterocycles. The van der Waals surface area contributed by atoms with E-state index >= 15 is 0 Å². The van der Waals surface area contributed by atoms with Crippen LogP contribution in [0.5, 0.6) is 0 Å². The number of rotatable bonds is 1. The number of benzene rings is 1. The van der Waals surface area contributed by atoms with E-state index in [0.29, 0.717) is 10.8 Å². The molecule has 0 unspecified atom stereocenters. The van der Waals surface area contributed by atoms with Crippen LogP contribution in [0.15, 0.2) is 17.0 Å². The normalized spacial score (nSPS) is 11.5. The van der Waals surface area contributed by atoms with Gasteiger partial charge in [-0.15, -0.1) is 24.0 Å². The summed E-state index contributed by atoms with van der Waals surface area (Å²) in [6.45, 7) is 4.15. The summed E-state index contributed by atoms with van der Waals surface area (Å²) in [4.78, 5) is 5.04. The second-order valence-electron chi connectivity index (χ2n) is 3.48. The molecule has 1 heterocycles. The molecule has 4 heteroatoms. The largest absolute Gasteiger partial charge is 0.240 e. The van der Waals surface area contributed by atoms with Crippen LogP contribution in [0.3, 0.4) is 0 Å². The predicted octanol–water partition coefficient (Wildman–Crippen LogP) is 3.85. The number of aromatic nitrogens is 1. The highest BCUT2D eigenvalue weighted by molar-refractivity contribution is 7.80. The number of fused-ring (bicyclic) bond motifs is 1. The molecular formula is C10H10FNS2. The van der Waals surface area contributed by atoms with E-state index in [-0.39, 0.29) is 5.82 Å². The van der Waals surface area contributed by atoms with Crippen molar-refractivity contribution in [3.8, 4) is 0 Å². The number of thiazole rings is 1. The van der Waals surface area contributed by atoms with E-state index in [2.05, 4.69) is 31.5 Å². The predicted molar refractivity (Wildman–Crippen MR) is 60.9 cm³/mol. The van der Waals surface area contributed by atoms with Gasteiger partial charge in [-0.3, -0.25) is 0 Å². The number of nitrogens with zero attached hydrogens (tertiary/aromatic N) is 1. The maximum Gasteiger partial charge on any atom is 0.125 e. The zero-order valence-corrected chi connectivity index (χ0v) is 9.62. The summed E-state index contributed by atoms with van der Waals surface area (Å²) in [7, 11) is 0. The molecule has 1 nitrogen and oxygen atoms in total. The third kappa shape index (κ3) is 1.64. The topological polar surface area (TPSA) is 12.9 Å². The summed E-state index contributed by atoms with van der Waals surface area (Å²) in [6.07, 6.45) is 0. The number of thiol groups is 1. The molecule has 0 aliphatic rings. The molecule has 74 valence electrons. The quantitative estimate of drug-likeness (QED) is 0.730. The molecule has 14 heavy (non-hydrogen) atoms. The monoisotopic (exact) mass is 227 g/mol. The third-order valence-corrected chi connectivity index (χ3v) is 3.59. The van der Waals surface area contributed by atoms with Crippen LogP contribution in [0.1, 0.15) is 24.8 Å². The highest BCUT2D eigenvalue weighted by Gasteiger charge is 2.10. The van der Waals surface area contributed by atoms with Crippen LogP contribution in [-0.2, 0) is 0 Å². The molecular weight excluding hydrogens is 217 g/mol. The zero-order valence-electron chi connectivity index (χ0n) is 7.91. The Morgan fingerprint density at radius 3 is 2.79 bits per heavy atom. The first-order valence-electron chi connectivity index (χ1n) is 4.37. The van der Waals surface area contributed by atoms with Gasteiger partial charge in [-0.1, -0.05) is 13.8 Å². The van der Waals surface area contributed by atoms with E-state index in [9.17, 15) is 4.39 Å². The van der Waals surface area contributed by atoms with Gasteiger partial charge in [0.15, 0.2) is 0 Å². The van der Waals surface area contributed by atoms with Crippen molar-refractivity contribution >= 4 is 34.2 Å². The molecule has 1 aromatic heterocycles. The Morgan fingerprint density at radius 1 is 1.43 bits per heavy atom. The van der Waals surface area contributed by atoms with Crippen LogP contribution in [0.25, 0.3) is 10.2 Å². The fourth-order valence-corrected chi connectivity index (χ4v) is 2.63. The third-order valence-electron chi connectivity index (χ3n) is 1.95. The molecule has 0 radical (unpaired) electrons. The second kappa shape index (κ2) is 3.51. The minimum absolute atomic E-state index is 0.249. The summed E-state index contributed by atoms with van der Waals surface area (Å²) in [6, 6.07) is 2.91. The summed E-state index contributed by atoms with van der Waals surface area (Å²) in [5.74, 6) is 0.129. The summed E-state index contributed by atoms with van der Waals surface area (Å²) >= 11 is 5.74. The lowest BCUT2D eigenvalue weighted by Crippen LogP contribution is -1.83. The highest BCUT2D eigenvalue weighted by atomic mass is 32.1. The standard InChI is InChI=1S/C10H10FNS2/c1-5(2)10-12-9-7(13)3-6(11)4-8(9)14-10/h3-5,13H,1-2H3. The molecule has 0 spiro atoms. The average molecular weight is 227 g/mol. The number of hydrogen-bond acceptors (Lipinski definition) is 3. The van der Waals surface area contributed by atoms with Crippen molar-refractivity contribution in [1.29, 1.82) is 0 Å². The lowest BCUT2D eigenvalue weighted by molar-refractivity contribution is 0.627. The van der Waals surface area contributed by atoms with Gasteiger partial charge < -0.3 is 0 Å². The molecule has 0 atom stereocenters. The van der Waals surface area contributed by atoms with E-state index in [1.54, 1.807) is 0 Å². The van der Waals surface area contributed by atoms with Gasteiger partial charge in [0.25, 0.3) is 0 Å². The van der Waals surface area contributed by atoms with Crippen molar-refractivity contribution in [2.24, 2.45) is 0 Å². The van der Waals surface area contributed by atoms with Gasteiger partial charge in [0, 0.05) is 10.8 Å². The first kappa shape index (κ1) is 9.93. The van der Waals surface area contributed by atoms with Crippen molar-refractivity contribution in [2.45, 2.75) is 24.7 Å². The van der Waals surface area contributed by atoms with Gasteiger partial charge in [-0.25, -0.2) is 9.37 Å². The molecule has 0 bridgehead atoms. The van der Waals surface area contributed by atoms with Crippen LogP contribution >= 0.6 is 24.0 Å². The molecule has 0 amide bonds. The van der Waals surface area contributed by atoms with Crippen LogP contribution in [0.2, 0.25) is 0 Å². The van der Waals surface area contributed by atoms with Crippen molar-refractivity contribution < 1.29 is 4.39 Å². The van der Waals surface area contributed by atoms with E-state index in [1.807, 2.05) is 0 Å². The highest BCUT2D eigenvalue weighted by Crippen LogP contribution is 2.31. The minimum atomic E-state index is -0.249. The Bertz CT molecular complexity index is 476. The summed E-state index contributed by atoms with van der Waals surface area (Å²) < 4.78 is 13.9. The summed E-state index contributed by atoms with van der Waals surface area (Å²) in [5.41, 5.74) is 0.809. The Hall–Kier alpha value is -0.610. The van der Waals surface area contributed by atoms with Gasteiger partial charge in [0.1, 0.15) is 5.82 Å². The Morgan fingerprint density at radius 2 is 2.14 bits per heavy atom. The van der Waals surface area contributed by atoms with E-state index in [0.717, 1.165) is 15.2 Å². The van der Waals surface area contributed by atoms with E-state index in [4.69, 9.17) is 0 Å². The van der Waals surface area contributed by atoms with E-state index < -0.39 is 0 Å². The molecule has 0 saturated carbocycles. The Labute approximate surface area is 91.4 Å². The first-order valence-corrected chi connectivity index (χ1v) is 5.63. The fraction of sp³-hybridized carbons (Fsp3) is 0.300. The van der Waals surface area contributed by atoms with Crippen molar-refractivity contribution in [3.63, 3.8) is 0 Å². The van der Waals surface area contributed by atoms with Crippen LogP contribution < -0.4 is 0 Å². The van der Waals surface area contributed by atoms with Gasteiger partial charge in [0.2, 0.25) is 0 Å². The first-order chi connectivity index (χ1) is 6.58. The van der Waals surface area contributed by atoms with Crippen molar-refractivity contribution in [2.75, 3.05) is 0 Å². The Kier molecular flexibility index (Phi) is 2.49. The lowest BCUT2D eigenvalue weighted by atomic mass is 10.2. The molecule has 2 aromatic rings. The van der Waals surface area contributed by atoms with Crippen LogP contribution in [0, 0.1) is 5.82 Å². The lowest BCUT2D eigenvalue weighted by Gasteiger charge is -1.94. The average Bonchev–Trinajstić information content (AvgIpc) is 2.47. The summed E-state index contributed by atoms with van der Waals surface area (Å²) in [5, 5.41) is 1.03. The molecule has 1 aromatic carbocycles. The second-order valence-corrected chi connectivity index (χ2v) is 5.02. The Balaban J connectivity index is 2.70. The zero-order chi connectivity index (χ0) is 10.3. The smallest absolute Gasteiger partial charge is 0.125 e. The van der Waals surface area contributed by atoms with Crippen LogP contribution in [0.4, 0.5) is 4.39 Å². The van der Waals surface area contributed by atoms with Gasteiger partial charge >= 0.3 is 0 Å². The van der Waals surface area contributed by atoms with Crippen molar-refractivity contribution in [1.82, 2.24) is 4.98 Å². The van der Waals surface area contributed by atoms with E-state index in [1.165, 1.54) is 23.5 Å². The SMILES string of the molecule is CC(C)c1nc2c(S)cc(F)cc2s1. The molecule has 0 fully saturated rings. The van der Waals surface area contributed by atoms with Crippen molar-refractivity contribution in [3.05, 3.63) is 23.0 Å². The number of hydrogen-bond donors (Lipinski definition) is 1. The van der Waals surface area contributed by atoms with Crippen LogP contribution in [-0.4, -0.2) is 4.98 Å². The van der Waals surface area contributed by atoms with Gasteiger partial charge in [-0.05, 0) is 12.1 Å². The van der Waals surface area contributed by atoms with Gasteiger partial charge in [0.05, 0.1) is 15.2 Å². The molecule has 0 aliphatic carbocycles. The molecule has 2 rings (SSSR count). The molecule has 0 saturated heterocycles. The maximum absolute atomic E-state index is 13.0.